The van der Waals surface area contributed by atoms with Crippen molar-refractivity contribution in [3.05, 3.63) is 40.2 Å². The van der Waals surface area contributed by atoms with E-state index in [4.69, 9.17) is 4.74 Å². The first-order valence-corrected chi connectivity index (χ1v) is 7.53. The first-order valence-electron chi connectivity index (χ1n) is 6.65. The third-order valence-corrected chi connectivity index (χ3v) is 4.08. The van der Waals surface area contributed by atoms with Gasteiger partial charge in [0.2, 0.25) is 0 Å². The molecule has 2 aromatic rings. The highest BCUT2D eigenvalue weighted by Gasteiger charge is 2.18. The summed E-state index contributed by atoms with van der Waals surface area (Å²) >= 11 is 1.65. The number of rotatable bonds is 3. The highest BCUT2D eigenvalue weighted by molar-refractivity contribution is 7.10. The van der Waals surface area contributed by atoms with Crippen molar-refractivity contribution in [2.75, 3.05) is 6.61 Å². The number of hydrogen-bond acceptors (Lipinski definition) is 4. The molecular weight excluding hydrogens is 270 g/mol. The van der Waals surface area contributed by atoms with E-state index >= 15 is 0 Å². The van der Waals surface area contributed by atoms with Gasteiger partial charge >= 0.3 is 5.97 Å². The standard InChI is InChI=1S/C16H19NO2S/c1-5-19-14(18)12-8-6-7-11(9-12)13-10-20-15(17-13)16(2,3)4/h6-10H,5H2,1-4H3. The van der Waals surface area contributed by atoms with Crippen molar-refractivity contribution in [3.63, 3.8) is 0 Å². The van der Waals surface area contributed by atoms with Crippen LogP contribution in [0.4, 0.5) is 0 Å². The van der Waals surface area contributed by atoms with Crippen LogP contribution in [0.5, 0.6) is 0 Å². The van der Waals surface area contributed by atoms with Crippen LogP contribution in [0.15, 0.2) is 29.6 Å². The van der Waals surface area contributed by atoms with E-state index in [1.807, 2.05) is 23.6 Å². The largest absolute Gasteiger partial charge is 0.462 e. The lowest BCUT2D eigenvalue weighted by Crippen LogP contribution is -2.10. The second-order valence-electron chi connectivity index (χ2n) is 5.59. The van der Waals surface area contributed by atoms with Gasteiger partial charge in [-0.15, -0.1) is 11.3 Å². The second-order valence-corrected chi connectivity index (χ2v) is 6.45. The van der Waals surface area contributed by atoms with E-state index in [-0.39, 0.29) is 11.4 Å². The van der Waals surface area contributed by atoms with Crippen LogP contribution < -0.4 is 0 Å². The Bertz CT molecular complexity index is 611. The SMILES string of the molecule is CCOC(=O)c1cccc(-c2csc(C(C)(C)C)n2)c1. The summed E-state index contributed by atoms with van der Waals surface area (Å²) in [4.78, 5) is 16.4. The van der Waals surface area contributed by atoms with Crippen molar-refractivity contribution in [2.45, 2.75) is 33.1 Å². The molecule has 0 amide bonds. The Hall–Kier alpha value is -1.68. The molecule has 0 saturated carbocycles. The maximum atomic E-state index is 11.8. The van der Waals surface area contributed by atoms with E-state index in [2.05, 4.69) is 25.8 Å². The van der Waals surface area contributed by atoms with Gasteiger partial charge in [0.15, 0.2) is 0 Å². The number of nitrogens with zero attached hydrogens (tertiary/aromatic N) is 1. The third-order valence-electron chi connectivity index (χ3n) is 2.82. The molecule has 2 rings (SSSR count). The van der Waals surface area contributed by atoms with Crippen LogP contribution in [-0.2, 0) is 10.2 Å². The van der Waals surface area contributed by atoms with Gasteiger partial charge in [0.25, 0.3) is 0 Å². The fourth-order valence-electron chi connectivity index (χ4n) is 1.77. The quantitative estimate of drug-likeness (QED) is 0.791. The lowest BCUT2D eigenvalue weighted by atomic mass is 9.98. The molecule has 0 aliphatic carbocycles. The molecule has 106 valence electrons. The van der Waals surface area contributed by atoms with Crippen molar-refractivity contribution < 1.29 is 9.53 Å². The minimum Gasteiger partial charge on any atom is -0.462 e. The zero-order valence-electron chi connectivity index (χ0n) is 12.3. The normalized spacial score (nSPS) is 11.4. The van der Waals surface area contributed by atoms with Gasteiger partial charge in [-0.1, -0.05) is 32.9 Å². The Morgan fingerprint density at radius 1 is 1.35 bits per heavy atom. The van der Waals surface area contributed by atoms with Crippen molar-refractivity contribution in [1.29, 1.82) is 0 Å². The Labute approximate surface area is 123 Å². The molecular formula is C16H19NO2S. The first kappa shape index (κ1) is 14.7. The molecule has 1 aromatic carbocycles. The van der Waals surface area contributed by atoms with Gasteiger partial charge in [-0.05, 0) is 19.1 Å². The first-order chi connectivity index (χ1) is 9.41. The van der Waals surface area contributed by atoms with Crippen LogP contribution in [0, 0.1) is 0 Å². The van der Waals surface area contributed by atoms with E-state index in [0.29, 0.717) is 12.2 Å². The number of thiazole rings is 1. The van der Waals surface area contributed by atoms with Crippen LogP contribution in [0.3, 0.4) is 0 Å². The summed E-state index contributed by atoms with van der Waals surface area (Å²) in [5, 5.41) is 3.12. The maximum Gasteiger partial charge on any atom is 0.338 e. The molecule has 0 fully saturated rings. The molecule has 0 aliphatic heterocycles. The molecule has 1 heterocycles. The molecule has 0 saturated heterocycles. The average Bonchev–Trinajstić information content (AvgIpc) is 2.89. The number of aromatic nitrogens is 1. The Morgan fingerprint density at radius 2 is 2.10 bits per heavy atom. The number of carbonyl (C=O) groups excluding carboxylic acids is 1. The van der Waals surface area contributed by atoms with Gasteiger partial charge in [0, 0.05) is 16.4 Å². The monoisotopic (exact) mass is 289 g/mol. The molecule has 4 heteroatoms. The molecule has 0 radical (unpaired) electrons. The van der Waals surface area contributed by atoms with Crippen LogP contribution >= 0.6 is 11.3 Å². The van der Waals surface area contributed by atoms with E-state index in [0.717, 1.165) is 16.3 Å². The number of ether oxygens (including phenoxy) is 1. The summed E-state index contributed by atoms with van der Waals surface area (Å²) in [6.07, 6.45) is 0. The summed E-state index contributed by atoms with van der Waals surface area (Å²) in [7, 11) is 0. The predicted molar refractivity (Wildman–Crippen MR) is 82.2 cm³/mol. The summed E-state index contributed by atoms with van der Waals surface area (Å²) < 4.78 is 5.02. The number of benzene rings is 1. The molecule has 0 spiro atoms. The van der Waals surface area contributed by atoms with Gasteiger partial charge < -0.3 is 4.74 Å². The second kappa shape index (κ2) is 5.75. The van der Waals surface area contributed by atoms with E-state index in [9.17, 15) is 4.79 Å². The predicted octanol–water partition coefficient (Wildman–Crippen LogP) is 4.28. The highest BCUT2D eigenvalue weighted by Crippen LogP contribution is 2.30. The average molecular weight is 289 g/mol. The van der Waals surface area contributed by atoms with Crippen LogP contribution in [0.1, 0.15) is 43.1 Å². The smallest absolute Gasteiger partial charge is 0.338 e. The number of carbonyl (C=O) groups is 1. The van der Waals surface area contributed by atoms with Gasteiger partial charge in [0.1, 0.15) is 0 Å². The van der Waals surface area contributed by atoms with Crippen molar-refractivity contribution in [2.24, 2.45) is 0 Å². The summed E-state index contributed by atoms with van der Waals surface area (Å²) in [6.45, 7) is 8.62. The van der Waals surface area contributed by atoms with E-state index in [1.54, 1.807) is 24.3 Å². The number of esters is 1. The summed E-state index contributed by atoms with van der Waals surface area (Å²) in [5.74, 6) is -0.291. The lowest BCUT2D eigenvalue weighted by Gasteiger charge is -2.13. The van der Waals surface area contributed by atoms with Crippen LogP contribution in [-0.4, -0.2) is 17.6 Å². The highest BCUT2D eigenvalue weighted by atomic mass is 32.1. The molecule has 1 aromatic heterocycles. The maximum absolute atomic E-state index is 11.8. The van der Waals surface area contributed by atoms with Crippen molar-refractivity contribution in [1.82, 2.24) is 4.98 Å². The zero-order chi connectivity index (χ0) is 14.8. The molecule has 0 aliphatic rings. The number of hydrogen-bond donors (Lipinski definition) is 0. The van der Waals surface area contributed by atoms with E-state index in [1.165, 1.54) is 0 Å². The Kier molecular flexibility index (Phi) is 4.23. The van der Waals surface area contributed by atoms with Crippen molar-refractivity contribution >= 4 is 17.3 Å². The van der Waals surface area contributed by atoms with Crippen molar-refractivity contribution in [3.8, 4) is 11.3 Å². The van der Waals surface area contributed by atoms with Gasteiger partial charge in [0.05, 0.1) is 22.9 Å². The molecule has 20 heavy (non-hydrogen) atoms. The molecule has 0 bridgehead atoms. The minimum absolute atomic E-state index is 0.0433. The molecule has 3 nitrogen and oxygen atoms in total. The van der Waals surface area contributed by atoms with E-state index < -0.39 is 0 Å². The zero-order valence-corrected chi connectivity index (χ0v) is 13.1. The molecule has 0 atom stereocenters. The summed E-state index contributed by atoms with van der Waals surface area (Å²) in [5.41, 5.74) is 2.46. The fourth-order valence-corrected chi connectivity index (χ4v) is 2.69. The molecule has 0 N–H and O–H groups in total. The van der Waals surface area contributed by atoms with Gasteiger partial charge in [-0.3, -0.25) is 0 Å². The minimum atomic E-state index is -0.291. The van der Waals surface area contributed by atoms with Gasteiger partial charge in [-0.25, -0.2) is 9.78 Å². The summed E-state index contributed by atoms with van der Waals surface area (Å²) in [6, 6.07) is 7.42. The van der Waals surface area contributed by atoms with Crippen LogP contribution in [0.2, 0.25) is 0 Å². The lowest BCUT2D eigenvalue weighted by molar-refractivity contribution is 0.0526. The topological polar surface area (TPSA) is 39.2 Å². The fraction of sp³-hybridized carbons (Fsp3) is 0.375. The van der Waals surface area contributed by atoms with Gasteiger partial charge in [-0.2, -0.15) is 0 Å². The molecule has 0 unspecified atom stereocenters. The Balaban J connectivity index is 2.32. The Morgan fingerprint density at radius 3 is 2.70 bits per heavy atom. The van der Waals surface area contributed by atoms with Crippen LogP contribution in [0.25, 0.3) is 11.3 Å². The third kappa shape index (κ3) is 3.25.